The summed E-state index contributed by atoms with van der Waals surface area (Å²) in [7, 11) is 0. The van der Waals surface area contributed by atoms with Crippen LogP contribution in [0, 0.1) is 4.84 Å². The molecule has 6 heteroatoms. The maximum absolute atomic E-state index is 4.72. The van der Waals surface area contributed by atoms with Crippen LogP contribution in [0.4, 0.5) is 0 Å². The van der Waals surface area contributed by atoms with Gasteiger partial charge in [0.1, 0.15) is 0 Å². The molecule has 60 valence electrons. The Labute approximate surface area is 72.5 Å². The van der Waals surface area contributed by atoms with Gasteiger partial charge in [-0.2, -0.15) is 10.1 Å². The van der Waals surface area contributed by atoms with Crippen LogP contribution in [0.5, 0.6) is 0 Å². The lowest BCUT2D eigenvalue weighted by Gasteiger charge is -1.88. The van der Waals surface area contributed by atoms with E-state index in [0.717, 1.165) is 0 Å². The van der Waals surface area contributed by atoms with Crippen molar-refractivity contribution in [1.82, 2.24) is 20.1 Å². The molecule has 2 heterocycles. The largest absolute Gasteiger partial charge is 0.348 e. The summed E-state index contributed by atoms with van der Waals surface area (Å²) in [4.78, 5) is 11.9. The van der Waals surface area contributed by atoms with E-state index in [1.54, 1.807) is 18.5 Å². The van der Waals surface area contributed by atoms with E-state index in [2.05, 4.69) is 32.3 Å². The minimum atomic E-state index is 0.150. The first-order valence-corrected chi connectivity index (χ1v) is 3.60. The van der Waals surface area contributed by atoms with E-state index in [0.29, 0.717) is 11.6 Å². The monoisotopic (exact) mass is 180 g/mol. The number of aromatic nitrogens is 4. The summed E-state index contributed by atoms with van der Waals surface area (Å²) >= 11 is 4.67. The molecule has 5 nitrogen and oxygen atoms in total. The first-order chi connectivity index (χ1) is 5.86. The van der Waals surface area contributed by atoms with Crippen LogP contribution in [0.25, 0.3) is 11.6 Å². The summed E-state index contributed by atoms with van der Waals surface area (Å²) in [5.41, 5.74) is 0. The molecule has 0 unspecified atom stereocenters. The number of nitrogens with zero attached hydrogens (tertiary/aromatic N) is 3. The van der Waals surface area contributed by atoms with E-state index >= 15 is 0 Å². The van der Waals surface area contributed by atoms with Gasteiger partial charge in [-0.05, 0) is 18.3 Å². The summed E-state index contributed by atoms with van der Waals surface area (Å²) in [6.07, 6.45) is 3.24. The number of aromatic amines is 1. The van der Waals surface area contributed by atoms with E-state index in [-0.39, 0.29) is 4.84 Å². The van der Waals surface area contributed by atoms with Crippen LogP contribution in [0.15, 0.2) is 23.0 Å². The zero-order valence-electron chi connectivity index (χ0n) is 5.89. The van der Waals surface area contributed by atoms with Gasteiger partial charge in [-0.15, -0.1) is 0 Å². The SMILES string of the molecule is S=c1nc(-c2ncccn2)[nH]o1. The Morgan fingerprint density at radius 1 is 1.33 bits per heavy atom. The highest BCUT2D eigenvalue weighted by Gasteiger charge is 2.02. The molecular formula is C6H4N4OS. The van der Waals surface area contributed by atoms with Crippen LogP contribution in [-0.4, -0.2) is 20.1 Å². The van der Waals surface area contributed by atoms with Gasteiger partial charge in [-0.25, -0.2) is 9.97 Å². The Balaban J connectivity index is 2.51. The average Bonchev–Trinajstić information content (AvgIpc) is 2.54. The van der Waals surface area contributed by atoms with Crippen molar-refractivity contribution in [3.8, 4) is 11.6 Å². The van der Waals surface area contributed by atoms with Crippen LogP contribution in [0.3, 0.4) is 0 Å². The zero-order valence-corrected chi connectivity index (χ0v) is 6.71. The molecule has 0 saturated carbocycles. The standard InChI is InChI=1S/C6H4N4OS/c12-6-9-5(10-11-6)4-7-2-1-3-8-4/h1-3H,(H,9,10,12). The molecule has 2 aromatic heterocycles. The number of H-pyrrole nitrogens is 1. The minimum absolute atomic E-state index is 0.150. The van der Waals surface area contributed by atoms with E-state index in [1.807, 2.05) is 0 Å². The maximum atomic E-state index is 4.72. The van der Waals surface area contributed by atoms with Crippen molar-refractivity contribution in [3.05, 3.63) is 23.3 Å². The van der Waals surface area contributed by atoms with Gasteiger partial charge in [0.05, 0.1) is 0 Å². The van der Waals surface area contributed by atoms with Gasteiger partial charge in [0, 0.05) is 12.4 Å². The highest BCUT2D eigenvalue weighted by molar-refractivity contribution is 7.71. The van der Waals surface area contributed by atoms with Crippen LogP contribution >= 0.6 is 12.2 Å². The van der Waals surface area contributed by atoms with Crippen LogP contribution < -0.4 is 0 Å². The summed E-state index contributed by atoms with van der Waals surface area (Å²) in [6, 6.07) is 1.72. The lowest BCUT2D eigenvalue weighted by molar-refractivity contribution is 0.406. The Kier molecular flexibility index (Phi) is 1.67. The predicted molar refractivity (Wildman–Crippen MR) is 42.7 cm³/mol. The molecule has 0 radical (unpaired) electrons. The van der Waals surface area contributed by atoms with Crippen molar-refractivity contribution >= 4 is 12.2 Å². The Hall–Kier alpha value is -1.56. The fraction of sp³-hybridized carbons (Fsp3) is 0. The first kappa shape index (κ1) is 7.11. The second kappa shape index (κ2) is 2.82. The maximum Gasteiger partial charge on any atom is 0.314 e. The highest BCUT2D eigenvalue weighted by Crippen LogP contribution is 2.05. The molecule has 0 saturated heterocycles. The van der Waals surface area contributed by atoms with Gasteiger partial charge in [0.2, 0.25) is 5.82 Å². The summed E-state index contributed by atoms with van der Waals surface area (Å²) in [5.74, 6) is 0.915. The summed E-state index contributed by atoms with van der Waals surface area (Å²) in [6.45, 7) is 0. The molecule has 0 amide bonds. The fourth-order valence-electron chi connectivity index (χ4n) is 0.746. The predicted octanol–water partition coefficient (Wildman–Crippen LogP) is 1.19. The third-order valence-corrected chi connectivity index (χ3v) is 1.39. The van der Waals surface area contributed by atoms with E-state index in [4.69, 9.17) is 4.52 Å². The highest BCUT2D eigenvalue weighted by atomic mass is 32.1. The lowest BCUT2D eigenvalue weighted by atomic mass is 10.5. The number of nitrogens with one attached hydrogen (secondary N) is 1. The van der Waals surface area contributed by atoms with Gasteiger partial charge in [-0.1, -0.05) is 0 Å². The molecule has 0 fully saturated rings. The van der Waals surface area contributed by atoms with E-state index < -0.39 is 0 Å². The van der Waals surface area contributed by atoms with Crippen molar-refractivity contribution in [2.45, 2.75) is 0 Å². The molecule has 1 N–H and O–H groups in total. The van der Waals surface area contributed by atoms with Crippen molar-refractivity contribution in [1.29, 1.82) is 0 Å². The summed E-state index contributed by atoms with van der Waals surface area (Å²) < 4.78 is 4.72. The molecule has 0 spiro atoms. The van der Waals surface area contributed by atoms with Gasteiger partial charge in [0.25, 0.3) is 0 Å². The molecule has 2 rings (SSSR count). The third-order valence-electron chi connectivity index (χ3n) is 1.22. The van der Waals surface area contributed by atoms with Crippen molar-refractivity contribution in [3.63, 3.8) is 0 Å². The number of hydrogen-bond acceptors (Lipinski definition) is 5. The molecular weight excluding hydrogens is 176 g/mol. The minimum Gasteiger partial charge on any atom is -0.348 e. The molecule has 0 aliphatic heterocycles. The number of hydrogen-bond donors (Lipinski definition) is 1. The van der Waals surface area contributed by atoms with Gasteiger partial charge in [-0.3, -0.25) is 0 Å². The molecule has 2 aromatic rings. The fourth-order valence-corrected chi connectivity index (χ4v) is 0.879. The second-order valence-corrected chi connectivity index (χ2v) is 2.35. The second-order valence-electron chi connectivity index (χ2n) is 2.00. The van der Waals surface area contributed by atoms with Crippen molar-refractivity contribution in [2.24, 2.45) is 0 Å². The van der Waals surface area contributed by atoms with Gasteiger partial charge in [0.15, 0.2) is 5.82 Å². The Bertz CT molecular complexity index is 420. The van der Waals surface area contributed by atoms with E-state index in [1.165, 1.54) is 0 Å². The van der Waals surface area contributed by atoms with Crippen LogP contribution in [0.2, 0.25) is 0 Å². The average molecular weight is 180 g/mol. The van der Waals surface area contributed by atoms with Crippen LogP contribution in [0.1, 0.15) is 0 Å². The molecule has 0 aliphatic carbocycles. The normalized spacial score (nSPS) is 10.0. The van der Waals surface area contributed by atoms with Crippen molar-refractivity contribution in [2.75, 3.05) is 0 Å². The third kappa shape index (κ3) is 1.24. The Morgan fingerprint density at radius 2 is 2.08 bits per heavy atom. The van der Waals surface area contributed by atoms with Gasteiger partial charge >= 0.3 is 4.84 Å². The quantitative estimate of drug-likeness (QED) is 0.667. The summed E-state index contributed by atoms with van der Waals surface area (Å²) in [5, 5.41) is 2.51. The first-order valence-electron chi connectivity index (χ1n) is 3.19. The molecule has 0 atom stereocenters. The Morgan fingerprint density at radius 3 is 2.67 bits per heavy atom. The molecule has 12 heavy (non-hydrogen) atoms. The van der Waals surface area contributed by atoms with Gasteiger partial charge < -0.3 is 4.52 Å². The molecule has 0 aromatic carbocycles. The van der Waals surface area contributed by atoms with Crippen molar-refractivity contribution < 1.29 is 4.52 Å². The molecule has 0 aliphatic rings. The lowest BCUT2D eigenvalue weighted by Crippen LogP contribution is -1.87. The number of rotatable bonds is 1. The molecule has 0 bridgehead atoms. The topological polar surface area (TPSA) is 67.6 Å². The smallest absolute Gasteiger partial charge is 0.314 e. The van der Waals surface area contributed by atoms with E-state index in [9.17, 15) is 0 Å². The van der Waals surface area contributed by atoms with Crippen LogP contribution in [-0.2, 0) is 0 Å². The zero-order chi connectivity index (χ0) is 8.39.